The highest BCUT2D eigenvalue weighted by Crippen LogP contribution is 2.32. The largest absolute Gasteiger partial charge is 0.481 e. The minimum Gasteiger partial charge on any atom is -0.481 e. The number of aliphatic carboxylic acids is 1. The van der Waals surface area contributed by atoms with Crippen LogP contribution < -0.4 is 0 Å². The normalized spacial score (nSPS) is 15.3. The molecule has 1 aromatic heterocycles. The van der Waals surface area contributed by atoms with Crippen LogP contribution in [-0.4, -0.2) is 26.4 Å². The van der Waals surface area contributed by atoms with E-state index in [2.05, 4.69) is 22.5 Å². The van der Waals surface area contributed by atoms with E-state index in [0.29, 0.717) is 0 Å². The second-order valence-electron chi connectivity index (χ2n) is 5.76. The van der Waals surface area contributed by atoms with Crippen molar-refractivity contribution in [3.05, 3.63) is 23.8 Å². The third-order valence-electron chi connectivity index (χ3n) is 4.24. The van der Waals surface area contributed by atoms with Crippen LogP contribution in [0.4, 0.5) is 0 Å². The highest BCUT2D eigenvalue weighted by molar-refractivity contribution is 7.99. The number of hydrogen-bond acceptors (Lipinski definition) is 3. The number of aryl methyl sites for hydroxylation is 2. The molecule has 1 heterocycles. The van der Waals surface area contributed by atoms with Gasteiger partial charge >= 0.3 is 5.97 Å². The van der Waals surface area contributed by atoms with Gasteiger partial charge in [-0.25, -0.2) is 4.98 Å². The minimum atomic E-state index is -0.797. The van der Waals surface area contributed by atoms with Gasteiger partial charge in [0.2, 0.25) is 0 Å². The van der Waals surface area contributed by atoms with Crippen LogP contribution in [0.3, 0.4) is 0 Å². The molecule has 4 nitrogen and oxygen atoms in total. The molecule has 0 amide bonds. The molecule has 0 spiro atoms. The zero-order valence-electron chi connectivity index (χ0n) is 12.2. The first kappa shape index (κ1) is 14.4. The van der Waals surface area contributed by atoms with Crippen molar-refractivity contribution in [2.75, 3.05) is 5.75 Å². The van der Waals surface area contributed by atoms with Crippen molar-refractivity contribution in [1.82, 2.24) is 9.55 Å². The minimum absolute atomic E-state index is 0.0613. The molecule has 1 aliphatic carbocycles. The molecule has 3 rings (SSSR count). The molecule has 1 N–H and O–H groups in total. The number of hydrogen-bond donors (Lipinski definition) is 1. The standard InChI is InChI=1S/C16H20N2O2S/c1-11-4-2-7-13-15(11)18(9-8-12-5-3-6-12)16(17-13)21-10-14(19)20/h2,4,7,12H,3,5-6,8-10H2,1H3,(H,19,20). The van der Waals surface area contributed by atoms with Crippen LogP contribution in [0.1, 0.15) is 31.2 Å². The Morgan fingerprint density at radius 3 is 2.95 bits per heavy atom. The van der Waals surface area contributed by atoms with Gasteiger partial charge in [0.25, 0.3) is 0 Å². The van der Waals surface area contributed by atoms with Crippen molar-refractivity contribution >= 4 is 28.8 Å². The molecule has 0 aliphatic heterocycles. The number of fused-ring (bicyclic) bond motifs is 1. The van der Waals surface area contributed by atoms with Gasteiger partial charge < -0.3 is 9.67 Å². The number of nitrogens with zero attached hydrogens (tertiary/aromatic N) is 2. The molecule has 0 radical (unpaired) electrons. The summed E-state index contributed by atoms with van der Waals surface area (Å²) in [6.45, 7) is 3.03. The Bertz CT molecular complexity index is 662. The molecule has 1 aromatic carbocycles. The first-order chi connectivity index (χ1) is 10.1. The second kappa shape index (κ2) is 6.10. The monoisotopic (exact) mass is 304 g/mol. The van der Waals surface area contributed by atoms with Crippen molar-refractivity contribution < 1.29 is 9.90 Å². The molecule has 0 bridgehead atoms. The highest BCUT2D eigenvalue weighted by atomic mass is 32.2. The van der Waals surface area contributed by atoms with E-state index in [1.165, 1.54) is 43.0 Å². The number of imidazole rings is 1. The first-order valence-electron chi connectivity index (χ1n) is 7.45. The molecule has 1 aliphatic rings. The van der Waals surface area contributed by atoms with Gasteiger partial charge in [-0.15, -0.1) is 0 Å². The van der Waals surface area contributed by atoms with Gasteiger partial charge in [0.1, 0.15) is 0 Å². The zero-order valence-corrected chi connectivity index (χ0v) is 13.0. The maximum absolute atomic E-state index is 10.8. The number of carbonyl (C=O) groups is 1. The van der Waals surface area contributed by atoms with Gasteiger partial charge in [-0.3, -0.25) is 4.79 Å². The number of para-hydroxylation sites is 1. The molecule has 1 fully saturated rings. The Kier molecular flexibility index (Phi) is 4.19. The van der Waals surface area contributed by atoms with Crippen LogP contribution in [0.25, 0.3) is 11.0 Å². The Balaban J connectivity index is 1.90. The molecule has 0 unspecified atom stereocenters. The van der Waals surface area contributed by atoms with E-state index in [1.54, 1.807) is 0 Å². The average molecular weight is 304 g/mol. The Morgan fingerprint density at radius 1 is 1.48 bits per heavy atom. The van der Waals surface area contributed by atoms with Gasteiger partial charge in [0.05, 0.1) is 16.8 Å². The number of benzene rings is 1. The van der Waals surface area contributed by atoms with Crippen LogP contribution in [0.2, 0.25) is 0 Å². The Morgan fingerprint density at radius 2 is 2.29 bits per heavy atom. The number of aromatic nitrogens is 2. The SMILES string of the molecule is Cc1cccc2nc(SCC(=O)O)n(CCC3CCC3)c12. The molecule has 0 saturated heterocycles. The van der Waals surface area contributed by atoms with Crippen LogP contribution in [0.5, 0.6) is 0 Å². The first-order valence-corrected chi connectivity index (χ1v) is 8.44. The molecule has 0 atom stereocenters. The lowest BCUT2D eigenvalue weighted by molar-refractivity contribution is -0.133. The zero-order chi connectivity index (χ0) is 14.8. The Labute approximate surface area is 128 Å². The van der Waals surface area contributed by atoms with Crippen molar-refractivity contribution in [3.8, 4) is 0 Å². The number of carboxylic acid groups (broad SMARTS) is 1. The van der Waals surface area contributed by atoms with Crippen LogP contribution in [0.15, 0.2) is 23.4 Å². The third kappa shape index (κ3) is 3.07. The molecular formula is C16H20N2O2S. The van der Waals surface area contributed by atoms with E-state index in [4.69, 9.17) is 5.11 Å². The number of rotatable bonds is 6. The molecular weight excluding hydrogens is 284 g/mol. The van der Waals surface area contributed by atoms with Crippen LogP contribution in [-0.2, 0) is 11.3 Å². The van der Waals surface area contributed by atoms with Gasteiger partial charge in [0.15, 0.2) is 5.16 Å². The van der Waals surface area contributed by atoms with Gasteiger partial charge in [0, 0.05) is 6.54 Å². The van der Waals surface area contributed by atoms with Gasteiger partial charge in [-0.2, -0.15) is 0 Å². The topological polar surface area (TPSA) is 55.1 Å². The quantitative estimate of drug-likeness (QED) is 0.827. The summed E-state index contributed by atoms with van der Waals surface area (Å²) in [5, 5.41) is 9.74. The maximum Gasteiger partial charge on any atom is 0.313 e. The molecule has 2 aromatic rings. The van der Waals surface area contributed by atoms with E-state index < -0.39 is 5.97 Å². The van der Waals surface area contributed by atoms with Crippen LogP contribution in [0, 0.1) is 12.8 Å². The maximum atomic E-state index is 10.8. The second-order valence-corrected chi connectivity index (χ2v) is 6.70. The summed E-state index contributed by atoms with van der Waals surface area (Å²) in [4.78, 5) is 15.5. The number of carboxylic acids is 1. The average Bonchev–Trinajstić information content (AvgIpc) is 2.74. The summed E-state index contributed by atoms with van der Waals surface area (Å²) in [7, 11) is 0. The molecule has 1 saturated carbocycles. The lowest BCUT2D eigenvalue weighted by atomic mass is 9.83. The predicted octanol–water partition coefficient (Wildman–Crippen LogP) is 3.71. The van der Waals surface area contributed by atoms with E-state index in [-0.39, 0.29) is 5.75 Å². The van der Waals surface area contributed by atoms with Crippen molar-refractivity contribution in [2.24, 2.45) is 5.92 Å². The van der Waals surface area contributed by atoms with E-state index in [0.717, 1.165) is 28.7 Å². The fourth-order valence-corrected chi connectivity index (χ4v) is 3.63. The molecule has 5 heteroatoms. The molecule has 21 heavy (non-hydrogen) atoms. The Hall–Kier alpha value is -1.49. The van der Waals surface area contributed by atoms with Crippen molar-refractivity contribution in [2.45, 2.75) is 44.3 Å². The highest BCUT2D eigenvalue weighted by Gasteiger charge is 2.19. The lowest BCUT2D eigenvalue weighted by Gasteiger charge is -2.25. The lowest BCUT2D eigenvalue weighted by Crippen LogP contribution is -2.14. The smallest absolute Gasteiger partial charge is 0.313 e. The van der Waals surface area contributed by atoms with Crippen LogP contribution >= 0.6 is 11.8 Å². The summed E-state index contributed by atoms with van der Waals surface area (Å²) in [5.74, 6) is 0.101. The van der Waals surface area contributed by atoms with E-state index in [1.807, 2.05) is 12.1 Å². The fourth-order valence-electron chi connectivity index (χ4n) is 2.88. The number of thioether (sulfide) groups is 1. The van der Waals surface area contributed by atoms with Crippen molar-refractivity contribution in [3.63, 3.8) is 0 Å². The van der Waals surface area contributed by atoms with Gasteiger partial charge in [-0.1, -0.05) is 43.2 Å². The fraction of sp³-hybridized carbons (Fsp3) is 0.500. The summed E-state index contributed by atoms with van der Waals surface area (Å²) < 4.78 is 2.22. The van der Waals surface area contributed by atoms with Gasteiger partial charge in [-0.05, 0) is 30.9 Å². The third-order valence-corrected chi connectivity index (χ3v) is 5.20. The van der Waals surface area contributed by atoms with Crippen molar-refractivity contribution in [1.29, 1.82) is 0 Å². The summed E-state index contributed by atoms with van der Waals surface area (Å²) in [5.41, 5.74) is 3.33. The molecule has 112 valence electrons. The predicted molar refractivity (Wildman–Crippen MR) is 84.8 cm³/mol. The summed E-state index contributed by atoms with van der Waals surface area (Å²) >= 11 is 1.32. The summed E-state index contributed by atoms with van der Waals surface area (Å²) in [6, 6.07) is 6.11. The van der Waals surface area contributed by atoms with E-state index in [9.17, 15) is 4.79 Å². The summed E-state index contributed by atoms with van der Waals surface area (Å²) in [6.07, 6.45) is 5.20. The van der Waals surface area contributed by atoms with E-state index >= 15 is 0 Å².